The second-order valence-corrected chi connectivity index (χ2v) is 8.80. The molecule has 32 heavy (non-hydrogen) atoms. The predicted molar refractivity (Wildman–Crippen MR) is 125 cm³/mol. The van der Waals surface area contributed by atoms with Crippen LogP contribution in [0.15, 0.2) is 54.6 Å². The number of rotatable bonds is 7. The molecule has 1 fully saturated rings. The van der Waals surface area contributed by atoms with Gasteiger partial charge in [0, 0.05) is 41.8 Å². The van der Waals surface area contributed by atoms with Crippen LogP contribution in [0.3, 0.4) is 0 Å². The van der Waals surface area contributed by atoms with Crippen LogP contribution in [-0.4, -0.2) is 35.2 Å². The maximum absolute atomic E-state index is 13.5. The van der Waals surface area contributed by atoms with Crippen molar-refractivity contribution in [1.82, 2.24) is 0 Å². The quantitative estimate of drug-likeness (QED) is 0.624. The van der Waals surface area contributed by atoms with E-state index in [1.165, 1.54) is 0 Å². The Kier molecular flexibility index (Phi) is 6.38. The van der Waals surface area contributed by atoms with Gasteiger partial charge in [-0.1, -0.05) is 42.8 Å². The Morgan fingerprint density at radius 2 is 1.94 bits per heavy atom. The first-order valence-electron chi connectivity index (χ1n) is 10.9. The summed E-state index contributed by atoms with van der Waals surface area (Å²) in [5, 5.41) is 21.0. The van der Waals surface area contributed by atoms with Crippen molar-refractivity contribution in [3.05, 3.63) is 70.8 Å². The summed E-state index contributed by atoms with van der Waals surface area (Å²) in [4.78, 5) is 28.8. The summed E-state index contributed by atoms with van der Waals surface area (Å²) in [5.74, 6) is -0.784. The molecule has 2 aromatic carbocycles. The van der Waals surface area contributed by atoms with Gasteiger partial charge in [0.05, 0.1) is 12.2 Å². The van der Waals surface area contributed by atoms with Gasteiger partial charge in [0.25, 0.3) is 5.91 Å². The van der Waals surface area contributed by atoms with Crippen LogP contribution in [0.5, 0.6) is 0 Å². The molecule has 0 aliphatic carbocycles. The van der Waals surface area contributed by atoms with Gasteiger partial charge >= 0.3 is 0 Å². The normalized spacial score (nSPS) is 21.6. The summed E-state index contributed by atoms with van der Waals surface area (Å²) >= 11 is 6.20. The average Bonchev–Trinajstić information content (AvgIpc) is 3.30. The molecule has 2 atom stereocenters. The van der Waals surface area contributed by atoms with E-state index < -0.39 is 17.4 Å². The molecule has 0 radical (unpaired) electrons. The Hall–Kier alpha value is -2.67. The van der Waals surface area contributed by atoms with Crippen LogP contribution in [-0.2, 0) is 21.7 Å². The lowest BCUT2D eigenvalue weighted by Gasteiger charge is -2.27. The third-order valence-electron chi connectivity index (χ3n) is 6.27. The molecule has 2 aliphatic heterocycles. The standard InChI is InChI=1S/C25H27ClN2O4/c1-17(5-2-3-14-29)25(32)21-15-19(26)9-12-22(21)28(24(25)31)16-18-7-10-20(11-8-18)27-13-4-6-23(27)30/h2,5,7-12,15,17,29,32H,3-4,6,13-14,16H2,1H3/b5-2+/t17-,25+/m0/s1. The molecule has 0 spiro atoms. The number of nitrogens with zero attached hydrogens (tertiary/aromatic N) is 2. The Bertz CT molecular complexity index is 1050. The largest absolute Gasteiger partial charge is 0.396 e. The molecule has 2 aromatic rings. The van der Waals surface area contributed by atoms with Crippen molar-refractivity contribution in [2.45, 2.75) is 38.3 Å². The summed E-state index contributed by atoms with van der Waals surface area (Å²) in [6, 6.07) is 12.7. The monoisotopic (exact) mass is 454 g/mol. The van der Waals surface area contributed by atoms with E-state index in [-0.39, 0.29) is 19.1 Å². The van der Waals surface area contributed by atoms with Crippen molar-refractivity contribution in [3.63, 3.8) is 0 Å². The molecular weight excluding hydrogens is 428 g/mol. The number of benzene rings is 2. The number of carbonyl (C=O) groups excluding carboxylic acids is 2. The minimum absolute atomic E-state index is 0.00313. The van der Waals surface area contributed by atoms with Crippen LogP contribution in [0.1, 0.15) is 37.3 Å². The van der Waals surface area contributed by atoms with Gasteiger partial charge in [-0.3, -0.25) is 9.59 Å². The molecule has 0 unspecified atom stereocenters. The second-order valence-electron chi connectivity index (χ2n) is 8.36. The molecule has 7 heteroatoms. The van der Waals surface area contributed by atoms with E-state index in [9.17, 15) is 14.7 Å². The van der Waals surface area contributed by atoms with Crippen LogP contribution in [0.2, 0.25) is 5.02 Å². The van der Waals surface area contributed by atoms with Gasteiger partial charge in [0.2, 0.25) is 5.91 Å². The van der Waals surface area contributed by atoms with Crippen molar-refractivity contribution in [2.24, 2.45) is 5.92 Å². The van der Waals surface area contributed by atoms with Crippen molar-refractivity contribution >= 4 is 34.8 Å². The summed E-state index contributed by atoms with van der Waals surface area (Å²) < 4.78 is 0. The molecule has 0 aromatic heterocycles. The highest BCUT2D eigenvalue weighted by atomic mass is 35.5. The van der Waals surface area contributed by atoms with Crippen molar-refractivity contribution in [1.29, 1.82) is 0 Å². The van der Waals surface area contributed by atoms with E-state index >= 15 is 0 Å². The van der Waals surface area contributed by atoms with Crippen LogP contribution in [0.25, 0.3) is 0 Å². The van der Waals surface area contributed by atoms with E-state index in [1.807, 2.05) is 24.3 Å². The lowest BCUT2D eigenvalue weighted by Crippen LogP contribution is -2.44. The zero-order valence-electron chi connectivity index (χ0n) is 18.0. The first-order valence-corrected chi connectivity index (χ1v) is 11.2. The predicted octanol–water partition coefficient (Wildman–Crippen LogP) is 3.78. The van der Waals surface area contributed by atoms with Crippen LogP contribution in [0.4, 0.5) is 11.4 Å². The Morgan fingerprint density at radius 1 is 1.19 bits per heavy atom. The van der Waals surface area contributed by atoms with Crippen LogP contribution < -0.4 is 9.80 Å². The maximum atomic E-state index is 13.5. The molecule has 6 nitrogen and oxygen atoms in total. The highest BCUT2D eigenvalue weighted by Crippen LogP contribution is 2.46. The van der Waals surface area contributed by atoms with E-state index in [0.29, 0.717) is 29.1 Å². The van der Waals surface area contributed by atoms with Gasteiger partial charge in [-0.05, 0) is 48.7 Å². The van der Waals surface area contributed by atoms with Gasteiger partial charge in [-0.15, -0.1) is 0 Å². The molecule has 2 N–H and O–H groups in total. The summed E-state index contributed by atoms with van der Waals surface area (Å²) in [6.45, 7) is 2.80. The minimum atomic E-state index is -1.74. The number of hydrogen-bond acceptors (Lipinski definition) is 4. The number of anilines is 2. The summed E-state index contributed by atoms with van der Waals surface area (Å²) in [5.41, 5.74) is 1.12. The maximum Gasteiger partial charge on any atom is 0.264 e. The number of halogens is 1. The Labute approximate surface area is 192 Å². The number of amides is 2. The topological polar surface area (TPSA) is 81.1 Å². The number of fused-ring (bicyclic) bond motifs is 1. The average molecular weight is 455 g/mol. The highest BCUT2D eigenvalue weighted by Gasteiger charge is 2.52. The van der Waals surface area contributed by atoms with Crippen molar-refractivity contribution < 1.29 is 19.8 Å². The molecule has 2 heterocycles. The molecule has 0 saturated carbocycles. The van der Waals surface area contributed by atoms with Crippen molar-refractivity contribution in [2.75, 3.05) is 23.0 Å². The lowest BCUT2D eigenvalue weighted by atomic mass is 9.83. The Morgan fingerprint density at radius 3 is 2.59 bits per heavy atom. The summed E-state index contributed by atoms with van der Waals surface area (Å²) in [6.07, 6.45) is 5.41. The van der Waals surface area contributed by atoms with Crippen molar-refractivity contribution in [3.8, 4) is 0 Å². The lowest BCUT2D eigenvalue weighted by molar-refractivity contribution is -0.139. The zero-order valence-corrected chi connectivity index (χ0v) is 18.8. The zero-order chi connectivity index (χ0) is 22.9. The van der Waals surface area contributed by atoms with Gasteiger partial charge < -0.3 is 20.0 Å². The molecule has 0 bridgehead atoms. The minimum Gasteiger partial charge on any atom is -0.396 e. The third kappa shape index (κ3) is 3.94. The first kappa shape index (κ1) is 22.5. The van der Waals surface area contributed by atoms with Crippen LogP contribution in [0, 0.1) is 5.92 Å². The molecule has 1 saturated heterocycles. The SMILES string of the molecule is C[C@@H](/C=C/CCO)[C@]1(O)C(=O)N(Cc2ccc(N3CCCC3=O)cc2)c2ccc(Cl)cc21. The highest BCUT2D eigenvalue weighted by molar-refractivity contribution is 6.31. The molecule has 2 amide bonds. The molecule has 168 valence electrons. The van der Waals surface area contributed by atoms with Gasteiger partial charge in [-0.25, -0.2) is 0 Å². The van der Waals surface area contributed by atoms with Gasteiger partial charge in [0.1, 0.15) is 0 Å². The fraction of sp³-hybridized carbons (Fsp3) is 0.360. The molecule has 2 aliphatic rings. The van der Waals surface area contributed by atoms with Gasteiger partial charge in [0.15, 0.2) is 5.60 Å². The van der Waals surface area contributed by atoms with E-state index in [4.69, 9.17) is 16.7 Å². The number of carbonyl (C=O) groups is 2. The number of hydrogen-bond donors (Lipinski definition) is 2. The van der Waals surface area contributed by atoms with E-state index in [0.717, 1.165) is 24.2 Å². The van der Waals surface area contributed by atoms with E-state index in [2.05, 4.69) is 0 Å². The summed E-state index contributed by atoms with van der Waals surface area (Å²) in [7, 11) is 0. The number of aliphatic hydroxyl groups excluding tert-OH is 1. The second kappa shape index (κ2) is 9.06. The first-order chi connectivity index (χ1) is 15.4. The Balaban J connectivity index is 1.62. The molecular formula is C25H27ClN2O4. The molecule has 4 rings (SSSR count). The number of aliphatic hydroxyl groups is 2. The fourth-order valence-corrected chi connectivity index (χ4v) is 4.65. The smallest absolute Gasteiger partial charge is 0.264 e. The van der Waals surface area contributed by atoms with E-state index in [1.54, 1.807) is 47.1 Å². The van der Waals surface area contributed by atoms with Crippen LogP contribution >= 0.6 is 11.6 Å². The third-order valence-corrected chi connectivity index (χ3v) is 6.51. The van der Waals surface area contributed by atoms with Gasteiger partial charge in [-0.2, -0.15) is 0 Å². The fourth-order valence-electron chi connectivity index (χ4n) is 4.48.